The SMILES string of the molecule is Cc1c([Si](C2CCCCC2)(C(C)(C)C)C(C)(C)C)sc2c(-c3cc(C(C)C)c4ccccc4c3)nccc12. The largest absolute Gasteiger partial charge is 0.255 e. The van der Waals surface area contributed by atoms with Crippen molar-refractivity contribution in [1.29, 1.82) is 0 Å². The van der Waals surface area contributed by atoms with Gasteiger partial charge in [-0.15, -0.1) is 11.3 Å². The molecule has 0 atom stereocenters. The van der Waals surface area contributed by atoms with Crippen LogP contribution in [0.15, 0.2) is 48.7 Å². The molecule has 1 nitrogen and oxygen atoms in total. The van der Waals surface area contributed by atoms with Crippen molar-refractivity contribution in [3.05, 3.63) is 59.8 Å². The van der Waals surface area contributed by atoms with Crippen LogP contribution in [0.25, 0.3) is 32.1 Å². The van der Waals surface area contributed by atoms with Crippen molar-refractivity contribution in [2.24, 2.45) is 0 Å². The van der Waals surface area contributed by atoms with Crippen LogP contribution in [0.3, 0.4) is 0 Å². The van der Waals surface area contributed by atoms with Crippen molar-refractivity contribution >= 4 is 44.8 Å². The van der Waals surface area contributed by atoms with Gasteiger partial charge in [0.05, 0.1) is 10.4 Å². The van der Waals surface area contributed by atoms with E-state index in [0.717, 1.165) is 5.54 Å². The first-order valence-corrected chi connectivity index (χ1v) is 17.7. The summed E-state index contributed by atoms with van der Waals surface area (Å²) in [6.45, 7) is 22.5. The molecule has 5 rings (SSSR count). The quantitative estimate of drug-likeness (QED) is 0.234. The number of benzene rings is 2. The van der Waals surface area contributed by atoms with E-state index >= 15 is 0 Å². The molecule has 202 valence electrons. The topological polar surface area (TPSA) is 12.9 Å². The summed E-state index contributed by atoms with van der Waals surface area (Å²) in [5.41, 5.74) is 6.24. The van der Waals surface area contributed by atoms with Crippen LogP contribution in [0.5, 0.6) is 0 Å². The average molecular weight is 542 g/mol. The Kier molecular flexibility index (Phi) is 7.18. The molecule has 1 aliphatic carbocycles. The Hall–Kier alpha value is -1.97. The zero-order chi connectivity index (χ0) is 27.5. The summed E-state index contributed by atoms with van der Waals surface area (Å²) in [6, 6.07) is 15.9. The molecule has 2 aromatic carbocycles. The Morgan fingerprint density at radius 1 is 0.868 bits per heavy atom. The second-order valence-electron chi connectivity index (χ2n) is 14.2. The molecular formula is C35H47NSSi. The second kappa shape index (κ2) is 9.89. The molecule has 0 bridgehead atoms. The Bertz CT molecular complexity index is 1440. The first-order chi connectivity index (χ1) is 17.9. The van der Waals surface area contributed by atoms with Gasteiger partial charge in [-0.25, -0.2) is 0 Å². The maximum absolute atomic E-state index is 5.08. The van der Waals surface area contributed by atoms with Gasteiger partial charge < -0.3 is 0 Å². The molecule has 4 aromatic rings. The molecule has 0 unspecified atom stereocenters. The molecule has 0 radical (unpaired) electrons. The second-order valence-corrected chi connectivity index (χ2v) is 21.5. The fourth-order valence-corrected chi connectivity index (χ4v) is 21.2. The fourth-order valence-electron chi connectivity index (χ4n) is 8.44. The van der Waals surface area contributed by atoms with Gasteiger partial charge in [-0.2, -0.15) is 0 Å². The van der Waals surface area contributed by atoms with Crippen molar-refractivity contribution in [2.75, 3.05) is 0 Å². The number of rotatable bonds is 4. The third kappa shape index (κ3) is 4.29. The van der Waals surface area contributed by atoms with Crippen molar-refractivity contribution < 1.29 is 0 Å². The van der Waals surface area contributed by atoms with Crippen molar-refractivity contribution in [1.82, 2.24) is 4.98 Å². The van der Waals surface area contributed by atoms with Crippen LogP contribution < -0.4 is 4.50 Å². The van der Waals surface area contributed by atoms with Gasteiger partial charge in [0.25, 0.3) is 0 Å². The zero-order valence-electron chi connectivity index (χ0n) is 25.2. The maximum atomic E-state index is 5.08. The number of thiophene rings is 1. The van der Waals surface area contributed by atoms with E-state index in [0.29, 0.717) is 5.92 Å². The average Bonchev–Trinajstić information content (AvgIpc) is 3.19. The number of hydrogen-bond acceptors (Lipinski definition) is 2. The van der Waals surface area contributed by atoms with Gasteiger partial charge in [-0.3, -0.25) is 4.98 Å². The van der Waals surface area contributed by atoms with Gasteiger partial charge in [0.1, 0.15) is 8.07 Å². The summed E-state index contributed by atoms with van der Waals surface area (Å²) in [5, 5.41) is 4.66. The van der Waals surface area contributed by atoms with Crippen molar-refractivity contribution in [2.45, 2.75) is 116 Å². The Labute approximate surface area is 236 Å². The normalized spacial score (nSPS) is 16.2. The van der Waals surface area contributed by atoms with Crippen molar-refractivity contribution in [3.63, 3.8) is 0 Å². The maximum Gasteiger partial charge on any atom is 0.113 e. The monoisotopic (exact) mass is 541 g/mol. The van der Waals surface area contributed by atoms with E-state index in [-0.39, 0.29) is 10.1 Å². The number of nitrogens with zero attached hydrogens (tertiary/aromatic N) is 1. The minimum absolute atomic E-state index is 0.278. The smallest absolute Gasteiger partial charge is 0.113 e. The lowest BCUT2D eigenvalue weighted by atomic mass is 9.92. The molecule has 1 aliphatic rings. The third-order valence-corrected chi connectivity index (χ3v) is 19.6. The first-order valence-electron chi connectivity index (χ1n) is 14.8. The van der Waals surface area contributed by atoms with Gasteiger partial charge in [0, 0.05) is 11.8 Å². The summed E-state index contributed by atoms with van der Waals surface area (Å²) in [7, 11) is -2.01. The van der Waals surface area contributed by atoms with E-state index in [1.807, 2.05) is 0 Å². The summed E-state index contributed by atoms with van der Waals surface area (Å²) in [4.78, 5) is 5.08. The zero-order valence-corrected chi connectivity index (χ0v) is 27.0. The third-order valence-electron chi connectivity index (χ3n) is 9.58. The minimum Gasteiger partial charge on any atom is -0.255 e. The highest BCUT2D eigenvalue weighted by Crippen LogP contribution is 2.61. The van der Waals surface area contributed by atoms with Gasteiger partial charge in [0.15, 0.2) is 0 Å². The lowest BCUT2D eigenvalue weighted by Crippen LogP contribution is -2.64. The fraction of sp³-hybridized carbons (Fsp3) is 0.514. The van der Waals surface area contributed by atoms with Crippen LogP contribution in [0, 0.1) is 6.92 Å². The molecule has 0 spiro atoms. The molecule has 38 heavy (non-hydrogen) atoms. The van der Waals surface area contributed by atoms with E-state index in [4.69, 9.17) is 4.98 Å². The molecule has 2 heterocycles. The van der Waals surface area contributed by atoms with E-state index in [2.05, 4.69) is 122 Å². The summed E-state index contributed by atoms with van der Waals surface area (Å²) >= 11 is 2.12. The lowest BCUT2D eigenvalue weighted by molar-refractivity contribution is 0.461. The van der Waals surface area contributed by atoms with Crippen LogP contribution in [0.4, 0.5) is 0 Å². The van der Waals surface area contributed by atoms with Gasteiger partial charge in [-0.1, -0.05) is 112 Å². The Balaban J connectivity index is 1.81. The van der Waals surface area contributed by atoms with E-state index in [9.17, 15) is 0 Å². The van der Waals surface area contributed by atoms with E-state index in [1.165, 1.54) is 69.8 Å². The van der Waals surface area contributed by atoms with Crippen LogP contribution >= 0.6 is 11.3 Å². The summed E-state index contributed by atoms with van der Waals surface area (Å²) in [6.07, 6.45) is 9.08. The van der Waals surface area contributed by atoms with Crippen LogP contribution in [0.1, 0.15) is 105 Å². The summed E-state index contributed by atoms with van der Waals surface area (Å²) < 4.78 is 3.14. The predicted molar refractivity (Wildman–Crippen MR) is 173 cm³/mol. The number of fused-ring (bicyclic) bond motifs is 2. The molecule has 0 aliphatic heterocycles. The van der Waals surface area contributed by atoms with Gasteiger partial charge >= 0.3 is 0 Å². The first kappa shape index (κ1) is 27.6. The number of hydrogen-bond donors (Lipinski definition) is 0. The molecule has 0 saturated heterocycles. The highest BCUT2D eigenvalue weighted by molar-refractivity contribution is 7.33. The Morgan fingerprint density at radius 2 is 1.53 bits per heavy atom. The highest BCUT2D eigenvalue weighted by atomic mass is 32.1. The number of aromatic nitrogens is 1. The molecule has 3 heteroatoms. The number of pyridine rings is 1. The molecular weight excluding hydrogens is 495 g/mol. The minimum atomic E-state index is -2.01. The Morgan fingerprint density at radius 3 is 2.16 bits per heavy atom. The van der Waals surface area contributed by atoms with Crippen LogP contribution in [-0.4, -0.2) is 13.1 Å². The number of aryl methyl sites for hydroxylation is 1. The molecule has 0 N–H and O–H groups in total. The van der Waals surface area contributed by atoms with E-state index < -0.39 is 8.07 Å². The van der Waals surface area contributed by atoms with Crippen LogP contribution in [0.2, 0.25) is 15.6 Å². The highest BCUT2D eigenvalue weighted by Gasteiger charge is 2.59. The van der Waals surface area contributed by atoms with Crippen molar-refractivity contribution in [3.8, 4) is 11.3 Å². The van der Waals surface area contributed by atoms with Crippen LogP contribution in [-0.2, 0) is 0 Å². The van der Waals surface area contributed by atoms with E-state index in [1.54, 1.807) is 10.1 Å². The molecule has 0 amide bonds. The van der Waals surface area contributed by atoms with Gasteiger partial charge in [-0.05, 0) is 78.4 Å². The lowest BCUT2D eigenvalue weighted by Gasteiger charge is -2.57. The molecule has 1 fully saturated rings. The summed E-state index contributed by atoms with van der Waals surface area (Å²) in [5.74, 6) is 0.466. The van der Waals surface area contributed by atoms with Gasteiger partial charge in [0.2, 0.25) is 0 Å². The predicted octanol–water partition coefficient (Wildman–Crippen LogP) is 11.1. The molecule has 1 saturated carbocycles. The molecule has 2 aromatic heterocycles. The standard InChI is InChI=1S/C35H47NSSi/c1-23(2)30-22-26(21-25-15-13-14-18-29(25)30)31-32-28(19-20-36-31)24(3)33(37-32)38(34(4,5)6,35(7,8)9)27-16-11-10-12-17-27/h13-15,18-23,27H,10-12,16-17H2,1-9H3.